The maximum Gasteiger partial charge on any atom is 0.173 e. The summed E-state index contributed by atoms with van der Waals surface area (Å²) in [4.78, 5) is 2.32. The quantitative estimate of drug-likeness (QED) is 0.665. The Hall–Kier alpha value is -0.290. The van der Waals surface area contributed by atoms with Crippen LogP contribution in [-0.2, 0) is 14.2 Å². The van der Waals surface area contributed by atoms with E-state index < -0.39 is 5.79 Å². The minimum Gasteiger partial charge on any atom is -0.378 e. The van der Waals surface area contributed by atoms with E-state index in [4.69, 9.17) is 25.8 Å². The Bertz CT molecular complexity index is 309. The first-order valence-corrected chi connectivity index (χ1v) is 6.67. The van der Waals surface area contributed by atoms with Crippen molar-refractivity contribution in [2.24, 2.45) is 0 Å². The van der Waals surface area contributed by atoms with E-state index in [0.717, 1.165) is 39.1 Å². The maximum atomic E-state index is 6.47. The number of allylic oxidation sites excluding steroid dienone is 1. The minimum atomic E-state index is -0.442. The molecule has 1 spiro atoms. The molecule has 2 aliphatic heterocycles. The van der Waals surface area contributed by atoms with E-state index in [1.165, 1.54) is 5.70 Å². The molecule has 3 aliphatic rings. The first-order valence-electron chi connectivity index (χ1n) is 6.24. The number of alkyl halides is 1. The predicted molar refractivity (Wildman–Crippen MR) is 64.0 cm³/mol. The number of ether oxygens (including phenoxy) is 3. The summed E-state index contributed by atoms with van der Waals surface area (Å²) < 4.78 is 16.7. The predicted octanol–water partition coefficient (Wildman–Crippen LogP) is 1.35. The highest BCUT2D eigenvalue weighted by atomic mass is 35.5. The molecule has 0 aromatic rings. The molecule has 0 amide bonds. The molecule has 1 unspecified atom stereocenters. The summed E-state index contributed by atoms with van der Waals surface area (Å²) in [5.74, 6) is -0.442. The molecule has 3 rings (SSSR count). The van der Waals surface area contributed by atoms with Crippen LogP contribution in [0.25, 0.3) is 0 Å². The molecular formula is C12H18ClNO3. The third kappa shape index (κ3) is 2.32. The molecular weight excluding hydrogens is 242 g/mol. The molecule has 2 fully saturated rings. The van der Waals surface area contributed by atoms with Gasteiger partial charge in [-0.25, -0.2) is 0 Å². The number of morpholine rings is 1. The number of nitrogens with zero attached hydrogens (tertiary/aromatic N) is 1. The Balaban J connectivity index is 1.71. The fourth-order valence-corrected chi connectivity index (χ4v) is 3.19. The molecule has 1 aliphatic carbocycles. The van der Waals surface area contributed by atoms with Gasteiger partial charge in [0.1, 0.15) is 0 Å². The summed E-state index contributed by atoms with van der Waals surface area (Å²) in [6.07, 6.45) is 3.73. The van der Waals surface area contributed by atoms with Gasteiger partial charge in [-0.2, -0.15) is 0 Å². The molecule has 5 heteroatoms. The van der Waals surface area contributed by atoms with E-state index in [9.17, 15) is 0 Å². The van der Waals surface area contributed by atoms with Crippen LogP contribution in [0.2, 0.25) is 0 Å². The van der Waals surface area contributed by atoms with E-state index in [0.29, 0.717) is 13.2 Å². The zero-order chi connectivity index (χ0) is 11.7. The third-order valence-corrected chi connectivity index (χ3v) is 4.00. The van der Waals surface area contributed by atoms with Crippen molar-refractivity contribution in [1.29, 1.82) is 0 Å². The lowest BCUT2D eigenvalue weighted by molar-refractivity contribution is -0.162. The monoisotopic (exact) mass is 259 g/mol. The Morgan fingerprint density at radius 2 is 1.88 bits per heavy atom. The first-order chi connectivity index (χ1) is 8.29. The van der Waals surface area contributed by atoms with Gasteiger partial charge in [0.15, 0.2) is 5.79 Å². The second-order valence-electron chi connectivity index (χ2n) is 4.71. The number of hydrogen-bond acceptors (Lipinski definition) is 4. The van der Waals surface area contributed by atoms with Crippen molar-refractivity contribution in [2.75, 3.05) is 39.5 Å². The molecule has 0 radical (unpaired) electrons. The normalized spacial score (nSPS) is 32.9. The number of halogens is 1. The van der Waals surface area contributed by atoms with Gasteiger partial charge in [0.05, 0.1) is 31.8 Å². The van der Waals surface area contributed by atoms with Crippen LogP contribution in [0.1, 0.15) is 12.8 Å². The average Bonchev–Trinajstić information content (AvgIpc) is 2.79. The van der Waals surface area contributed by atoms with Gasteiger partial charge < -0.3 is 19.1 Å². The van der Waals surface area contributed by atoms with Gasteiger partial charge >= 0.3 is 0 Å². The fourth-order valence-electron chi connectivity index (χ4n) is 2.73. The highest BCUT2D eigenvalue weighted by Gasteiger charge is 2.42. The number of hydrogen-bond donors (Lipinski definition) is 0. The minimum absolute atomic E-state index is 0.0139. The van der Waals surface area contributed by atoms with Gasteiger partial charge in [0.25, 0.3) is 0 Å². The molecule has 17 heavy (non-hydrogen) atoms. The van der Waals surface area contributed by atoms with Crippen LogP contribution in [0.5, 0.6) is 0 Å². The Morgan fingerprint density at radius 3 is 2.53 bits per heavy atom. The van der Waals surface area contributed by atoms with Gasteiger partial charge in [0, 0.05) is 31.6 Å². The Kier molecular flexibility index (Phi) is 3.30. The van der Waals surface area contributed by atoms with E-state index >= 15 is 0 Å². The fraction of sp³-hybridized carbons (Fsp3) is 0.833. The molecule has 0 N–H and O–H groups in total. The van der Waals surface area contributed by atoms with Gasteiger partial charge in [0.2, 0.25) is 0 Å². The molecule has 4 nitrogen and oxygen atoms in total. The van der Waals surface area contributed by atoms with Crippen LogP contribution in [0.15, 0.2) is 11.8 Å². The summed E-state index contributed by atoms with van der Waals surface area (Å²) >= 11 is 6.47. The lowest BCUT2D eigenvalue weighted by atomic mass is 9.96. The summed E-state index contributed by atoms with van der Waals surface area (Å²) in [5, 5.41) is -0.0139. The zero-order valence-corrected chi connectivity index (χ0v) is 10.6. The van der Waals surface area contributed by atoms with E-state index in [2.05, 4.69) is 11.0 Å². The van der Waals surface area contributed by atoms with Gasteiger partial charge in [-0.3, -0.25) is 0 Å². The van der Waals surface area contributed by atoms with Gasteiger partial charge in [-0.15, -0.1) is 11.6 Å². The van der Waals surface area contributed by atoms with Crippen molar-refractivity contribution in [3.63, 3.8) is 0 Å². The lowest BCUT2D eigenvalue weighted by Crippen LogP contribution is -2.43. The Labute approximate surface area is 106 Å². The van der Waals surface area contributed by atoms with Crippen LogP contribution in [0.3, 0.4) is 0 Å². The molecule has 2 heterocycles. The SMILES string of the molecule is ClC1CC2(CC=C1N1CCOCC1)OCCO2. The van der Waals surface area contributed by atoms with Crippen molar-refractivity contribution >= 4 is 11.6 Å². The summed E-state index contributed by atoms with van der Waals surface area (Å²) in [7, 11) is 0. The lowest BCUT2D eigenvalue weighted by Gasteiger charge is -2.39. The average molecular weight is 260 g/mol. The summed E-state index contributed by atoms with van der Waals surface area (Å²) in [5.41, 5.74) is 1.22. The van der Waals surface area contributed by atoms with Crippen molar-refractivity contribution in [2.45, 2.75) is 24.0 Å². The molecule has 0 bridgehead atoms. The van der Waals surface area contributed by atoms with E-state index in [1.54, 1.807) is 0 Å². The molecule has 1 atom stereocenters. The zero-order valence-electron chi connectivity index (χ0n) is 9.86. The van der Waals surface area contributed by atoms with Crippen LogP contribution >= 0.6 is 11.6 Å². The van der Waals surface area contributed by atoms with Crippen LogP contribution in [-0.4, -0.2) is 55.6 Å². The molecule has 96 valence electrons. The molecule has 0 aromatic carbocycles. The molecule has 0 saturated carbocycles. The summed E-state index contributed by atoms with van der Waals surface area (Å²) in [6, 6.07) is 0. The van der Waals surface area contributed by atoms with Crippen LogP contribution in [0.4, 0.5) is 0 Å². The van der Waals surface area contributed by atoms with Crippen LogP contribution in [0, 0.1) is 0 Å². The largest absolute Gasteiger partial charge is 0.378 e. The molecule has 0 aromatic heterocycles. The Morgan fingerprint density at radius 1 is 1.18 bits per heavy atom. The standard InChI is InChI=1S/C12H18ClNO3/c13-10-9-12(16-7-8-17-12)2-1-11(10)14-3-5-15-6-4-14/h1,10H,2-9H2. The van der Waals surface area contributed by atoms with Crippen molar-refractivity contribution in [3.05, 3.63) is 11.8 Å². The van der Waals surface area contributed by atoms with Crippen molar-refractivity contribution in [1.82, 2.24) is 4.90 Å². The number of rotatable bonds is 1. The first kappa shape index (κ1) is 11.8. The maximum absolute atomic E-state index is 6.47. The highest BCUT2D eigenvalue weighted by molar-refractivity contribution is 6.22. The van der Waals surface area contributed by atoms with Gasteiger partial charge in [-0.1, -0.05) is 6.08 Å². The van der Waals surface area contributed by atoms with Crippen molar-refractivity contribution < 1.29 is 14.2 Å². The van der Waals surface area contributed by atoms with Gasteiger partial charge in [-0.05, 0) is 0 Å². The van der Waals surface area contributed by atoms with E-state index in [-0.39, 0.29) is 5.38 Å². The second kappa shape index (κ2) is 4.76. The van der Waals surface area contributed by atoms with Crippen molar-refractivity contribution in [3.8, 4) is 0 Å². The summed E-state index contributed by atoms with van der Waals surface area (Å²) in [6.45, 7) is 4.82. The highest BCUT2D eigenvalue weighted by Crippen LogP contribution is 2.38. The van der Waals surface area contributed by atoms with Crippen LogP contribution < -0.4 is 0 Å². The topological polar surface area (TPSA) is 30.9 Å². The van der Waals surface area contributed by atoms with E-state index in [1.807, 2.05) is 0 Å². The molecule has 2 saturated heterocycles. The second-order valence-corrected chi connectivity index (χ2v) is 5.24. The third-order valence-electron chi connectivity index (χ3n) is 3.62. The smallest absolute Gasteiger partial charge is 0.173 e.